The van der Waals surface area contributed by atoms with Gasteiger partial charge in [-0.3, -0.25) is 10.1 Å². The van der Waals surface area contributed by atoms with E-state index in [1.165, 1.54) is 0 Å². The number of aliphatic hydroxyl groups is 1. The summed E-state index contributed by atoms with van der Waals surface area (Å²) in [4.78, 5) is 21.9. The summed E-state index contributed by atoms with van der Waals surface area (Å²) >= 11 is 0. The van der Waals surface area contributed by atoms with Gasteiger partial charge in [-0.2, -0.15) is 0 Å². The Morgan fingerprint density at radius 3 is 2.50 bits per heavy atom. The van der Waals surface area contributed by atoms with Gasteiger partial charge in [-0.25, -0.2) is 4.79 Å². The molecule has 0 aromatic carbocycles. The van der Waals surface area contributed by atoms with Gasteiger partial charge in [0.05, 0.1) is 6.61 Å². The van der Waals surface area contributed by atoms with Crippen LogP contribution in [0, 0.1) is 0 Å². The Hall–Kier alpha value is -1.10. The van der Waals surface area contributed by atoms with Crippen LogP contribution in [0.1, 0.15) is 19.8 Å². The second kappa shape index (κ2) is 3.10. The third-order valence-corrected chi connectivity index (χ3v) is 1.96. The molecule has 0 aromatic rings. The minimum Gasteiger partial charge on any atom is -0.393 e. The number of amides is 3. The molecule has 68 valence electrons. The fourth-order valence-electron chi connectivity index (χ4n) is 1.32. The zero-order valence-corrected chi connectivity index (χ0v) is 6.89. The molecule has 0 bridgehead atoms. The number of nitrogens with one attached hydrogen (secondary N) is 2. The molecule has 1 aliphatic rings. The average molecular weight is 172 g/mol. The molecule has 1 aliphatic heterocycles. The van der Waals surface area contributed by atoms with Gasteiger partial charge >= 0.3 is 6.03 Å². The number of rotatable bonds is 3. The van der Waals surface area contributed by atoms with Crippen LogP contribution >= 0.6 is 0 Å². The second-order valence-electron chi connectivity index (χ2n) is 2.90. The molecule has 12 heavy (non-hydrogen) atoms. The summed E-state index contributed by atoms with van der Waals surface area (Å²) < 4.78 is 0. The van der Waals surface area contributed by atoms with Gasteiger partial charge < -0.3 is 10.4 Å². The van der Waals surface area contributed by atoms with Crippen LogP contribution in [0.5, 0.6) is 0 Å². The Labute approximate surface area is 70.1 Å². The Kier molecular flexibility index (Phi) is 2.32. The third-order valence-electron chi connectivity index (χ3n) is 1.96. The van der Waals surface area contributed by atoms with Crippen LogP contribution < -0.4 is 10.6 Å². The fraction of sp³-hybridized carbons (Fsp3) is 0.714. The number of hydrogen-bond donors (Lipinski definition) is 3. The lowest BCUT2D eigenvalue weighted by Gasteiger charge is -2.21. The van der Waals surface area contributed by atoms with E-state index in [0.29, 0.717) is 6.42 Å². The molecule has 0 spiro atoms. The fourth-order valence-corrected chi connectivity index (χ4v) is 1.32. The maximum absolute atomic E-state index is 11.2. The lowest BCUT2D eigenvalue weighted by Crippen LogP contribution is -2.50. The van der Waals surface area contributed by atoms with Crippen LogP contribution in [0.15, 0.2) is 0 Å². The SMILES string of the molecule is CCC[C@@]1(CO)NC(=O)NC1=O. The predicted molar refractivity (Wildman–Crippen MR) is 41.4 cm³/mol. The molecule has 5 heteroatoms. The molecule has 0 saturated carbocycles. The molecule has 0 unspecified atom stereocenters. The summed E-state index contributed by atoms with van der Waals surface area (Å²) in [5.41, 5.74) is -1.08. The lowest BCUT2D eigenvalue weighted by molar-refractivity contribution is -0.125. The van der Waals surface area contributed by atoms with E-state index in [1.54, 1.807) is 0 Å². The topological polar surface area (TPSA) is 78.4 Å². The normalized spacial score (nSPS) is 28.5. The van der Waals surface area contributed by atoms with Crippen molar-refractivity contribution in [1.82, 2.24) is 10.6 Å². The van der Waals surface area contributed by atoms with Crippen LogP contribution in [0.25, 0.3) is 0 Å². The monoisotopic (exact) mass is 172 g/mol. The smallest absolute Gasteiger partial charge is 0.322 e. The summed E-state index contributed by atoms with van der Waals surface area (Å²) in [5.74, 6) is -0.433. The van der Waals surface area contributed by atoms with E-state index in [1.807, 2.05) is 6.92 Å². The van der Waals surface area contributed by atoms with Crippen molar-refractivity contribution in [2.45, 2.75) is 25.3 Å². The van der Waals surface area contributed by atoms with Crippen LogP contribution in [-0.4, -0.2) is 29.2 Å². The molecule has 1 fully saturated rings. The van der Waals surface area contributed by atoms with E-state index >= 15 is 0 Å². The number of urea groups is 1. The molecule has 0 radical (unpaired) electrons. The van der Waals surface area contributed by atoms with E-state index in [4.69, 9.17) is 5.11 Å². The standard InChI is InChI=1S/C7H12N2O3/c1-2-3-7(4-10)5(11)8-6(12)9-7/h10H,2-4H2,1H3,(H2,8,9,11,12)/t7-/m0/s1. The van der Waals surface area contributed by atoms with Gasteiger partial charge in [0.15, 0.2) is 0 Å². The van der Waals surface area contributed by atoms with Crippen molar-refractivity contribution in [3.63, 3.8) is 0 Å². The highest BCUT2D eigenvalue weighted by Crippen LogP contribution is 2.16. The van der Waals surface area contributed by atoms with E-state index in [9.17, 15) is 9.59 Å². The molecule has 3 N–H and O–H groups in total. The minimum atomic E-state index is -1.08. The van der Waals surface area contributed by atoms with E-state index in [-0.39, 0.29) is 6.61 Å². The lowest BCUT2D eigenvalue weighted by atomic mass is 9.95. The quantitative estimate of drug-likeness (QED) is 0.495. The molecule has 0 aromatic heterocycles. The van der Waals surface area contributed by atoms with E-state index in [0.717, 1.165) is 6.42 Å². The van der Waals surface area contributed by atoms with Crippen molar-refractivity contribution in [2.24, 2.45) is 0 Å². The van der Waals surface area contributed by atoms with Crippen LogP contribution in [-0.2, 0) is 4.79 Å². The summed E-state index contributed by atoms with van der Waals surface area (Å²) in [6.45, 7) is 1.54. The molecule has 5 nitrogen and oxygen atoms in total. The van der Waals surface area contributed by atoms with Crippen molar-refractivity contribution < 1.29 is 14.7 Å². The minimum absolute atomic E-state index is 0.349. The van der Waals surface area contributed by atoms with Crippen LogP contribution in [0.3, 0.4) is 0 Å². The number of hydrogen-bond acceptors (Lipinski definition) is 3. The van der Waals surface area contributed by atoms with Crippen LogP contribution in [0.2, 0.25) is 0 Å². The molecular weight excluding hydrogens is 160 g/mol. The maximum atomic E-state index is 11.2. The third kappa shape index (κ3) is 1.27. The Balaban J connectivity index is 2.78. The van der Waals surface area contributed by atoms with Gasteiger partial charge in [-0.15, -0.1) is 0 Å². The van der Waals surface area contributed by atoms with Gasteiger partial charge in [-0.1, -0.05) is 13.3 Å². The number of aliphatic hydroxyl groups excluding tert-OH is 1. The highest BCUT2D eigenvalue weighted by atomic mass is 16.3. The van der Waals surface area contributed by atoms with Gasteiger partial charge in [0, 0.05) is 0 Å². The first-order chi connectivity index (χ1) is 5.64. The second-order valence-corrected chi connectivity index (χ2v) is 2.90. The first-order valence-electron chi connectivity index (χ1n) is 3.89. The summed E-state index contributed by atoms with van der Waals surface area (Å²) in [7, 11) is 0. The number of carbonyl (C=O) groups excluding carboxylic acids is 2. The zero-order valence-electron chi connectivity index (χ0n) is 6.89. The van der Waals surface area contributed by atoms with Crippen molar-refractivity contribution in [1.29, 1.82) is 0 Å². The summed E-state index contributed by atoms with van der Waals surface area (Å²) in [6.07, 6.45) is 1.19. The summed E-state index contributed by atoms with van der Waals surface area (Å²) in [5, 5.41) is 13.5. The number of carbonyl (C=O) groups is 2. The van der Waals surface area contributed by atoms with Crippen molar-refractivity contribution >= 4 is 11.9 Å². The highest BCUT2D eigenvalue weighted by molar-refractivity contribution is 6.07. The maximum Gasteiger partial charge on any atom is 0.322 e. The summed E-state index contributed by atoms with van der Waals surface area (Å²) in [6, 6.07) is -0.525. The molecule has 1 atom stereocenters. The van der Waals surface area contributed by atoms with Crippen molar-refractivity contribution in [3.05, 3.63) is 0 Å². The molecule has 1 rings (SSSR count). The predicted octanol–water partition coefficient (Wildman–Crippen LogP) is -0.643. The van der Waals surface area contributed by atoms with Gasteiger partial charge in [0.2, 0.25) is 0 Å². The van der Waals surface area contributed by atoms with E-state index < -0.39 is 17.5 Å². The van der Waals surface area contributed by atoms with Gasteiger partial charge in [0.1, 0.15) is 5.54 Å². The zero-order chi connectivity index (χ0) is 9.19. The Morgan fingerprint density at radius 1 is 1.50 bits per heavy atom. The molecule has 1 heterocycles. The molecule has 1 saturated heterocycles. The molecule has 3 amide bonds. The van der Waals surface area contributed by atoms with Crippen molar-refractivity contribution in [2.75, 3.05) is 6.61 Å². The van der Waals surface area contributed by atoms with Gasteiger partial charge in [0.25, 0.3) is 5.91 Å². The van der Waals surface area contributed by atoms with Crippen molar-refractivity contribution in [3.8, 4) is 0 Å². The van der Waals surface area contributed by atoms with E-state index in [2.05, 4.69) is 10.6 Å². The highest BCUT2D eigenvalue weighted by Gasteiger charge is 2.44. The average Bonchev–Trinajstić information content (AvgIpc) is 2.28. The van der Waals surface area contributed by atoms with Crippen LogP contribution in [0.4, 0.5) is 4.79 Å². The first kappa shape index (κ1) is 8.99. The first-order valence-corrected chi connectivity index (χ1v) is 3.89. The number of imide groups is 1. The van der Waals surface area contributed by atoms with Gasteiger partial charge in [-0.05, 0) is 6.42 Å². The molecule has 0 aliphatic carbocycles. The molecular formula is C7H12N2O3. The largest absolute Gasteiger partial charge is 0.393 e. The Bertz CT molecular complexity index is 217. The Morgan fingerprint density at radius 2 is 2.17 bits per heavy atom.